The number of benzene rings is 1. The second-order valence-corrected chi connectivity index (χ2v) is 6.34. The number of hydrogen-bond donors (Lipinski definition) is 0. The molecule has 0 saturated heterocycles. The third kappa shape index (κ3) is 2.86. The highest BCUT2D eigenvalue weighted by Gasteiger charge is 2.48. The van der Waals surface area contributed by atoms with Crippen molar-refractivity contribution in [1.82, 2.24) is 0 Å². The predicted octanol–water partition coefficient (Wildman–Crippen LogP) is 2.59. The smallest absolute Gasteiger partial charge is 0.376 e. The SMILES string of the molecule is O=C1CCSc2cc(OS(=O)(=O)C(F)(F)F)ccc21. The lowest BCUT2D eigenvalue weighted by atomic mass is 10.1. The molecule has 1 heterocycles. The molecule has 1 aromatic rings. The quantitative estimate of drug-likeness (QED) is 0.620. The second-order valence-electron chi connectivity index (χ2n) is 3.66. The van der Waals surface area contributed by atoms with E-state index >= 15 is 0 Å². The highest BCUT2D eigenvalue weighted by molar-refractivity contribution is 7.99. The van der Waals surface area contributed by atoms with E-state index in [4.69, 9.17) is 0 Å². The van der Waals surface area contributed by atoms with E-state index in [1.165, 1.54) is 17.8 Å². The number of ketones is 1. The van der Waals surface area contributed by atoms with Gasteiger partial charge in [-0.2, -0.15) is 21.6 Å². The molecule has 19 heavy (non-hydrogen) atoms. The van der Waals surface area contributed by atoms with Gasteiger partial charge in [0, 0.05) is 22.6 Å². The molecule has 2 rings (SSSR count). The number of rotatable bonds is 2. The zero-order valence-electron chi connectivity index (χ0n) is 9.23. The van der Waals surface area contributed by atoms with Crippen molar-refractivity contribution in [2.45, 2.75) is 16.8 Å². The monoisotopic (exact) mass is 312 g/mol. The summed E-state index contributed by atoms with van der Waals surface area (Å²) in [5.41, 5.74) is -5.11. The summed E-state index contributed by atoms with van der Waals surface area (Å²) in [6, 6.07) is 3.43. The van der Waals surface area contributed by atoms with Gasteiger partial charge in [-0.1, -0.05) is 0 Å². The van der Waals surface area contributed by atoms with E-state index in [0.717, 1.165) is 12.1 Å². The summed E-state index contributed by atoms with van der Waals surface area (Å²) in [6.07, 6.45) is 0.346. The van der Waals surface area contributed by atoms with Crippen LogP contribution in [0.1, 0.15) is 16.8 Å². The van der Waals surface area contributed by atoms with Crippen molar-refractivity contribution in [3.05, 3.63) is 23.8 Å². The van der Waals surface area contributed by atoms with E-state index in [-0.39, 0.29) is 5.78 Å². The maximum absolute atomic E-state index is 12.1. The average Bonchev–Trinajstić information content (AvgIpc) is 2.27. The van der Waals surface area contributed by atoms with Crippen LogP contribution in [0.25, 0.3) is 0 Å². The molecule has 0 aliphatic carbocycles. The fraction of sp³-hybridized carbons (Fsp3) is 0.300. The molecule has 0 atom stereocenters. The molecule has 1 aliphatic rings. The fourth-order valence-electron chi connectivity index (χ4n) is 1.47. The summed E-state index contributed by atoms with van der Waals surface area (Å²) in [5.74, 6) is -0.0846. The number of fused-ring (bicyclic) bond motifs is 1. The first-order chi connectivity index (χ1) is 8.71. The van der Waals surface area contributed by atoms with Crippen LogP contribution in [0, 0.1) is 0 Å². The van der Waals surface area contributed by atoms with Crippen molar-refractivity contribution in [1.29, 1.82) is 0 Å². The van der Waals surface area contributed by atoms with E-state index in [1.54, 1.807) is 0 Å². The predicted molar refractivity (Wildman–Crippen MR) is 61.7 cm³/mol. The Kier molecular flexibility index (Phi) is 3.52. The first kappa shape index (κ1) is 14.2. The summed E-state index contributed by atoms with van der Waals surface area (Å²) in [4.78, 5) is 11.9. The molecule has 0 spiro atoms. The van der Waals surface area contributed by atoms with Crippen LogP contribution >= 0.6 is 11.8 Å². The molecule has 0 amide bonds. The van der Waals surface area contributed by atoms with Gasteiger partial charge in [0.25, 0.3) is 0 Å². The molecule has 0 N–H and O–H groups in total. The normalized spacial score (nSPS) is 16.1. The van der Waals surface area contributed by atoms with Crippen LogP contribution < -0.4 is 4.18 Å². The minimum Gasteiger partial charge on any atom is -0.376 e. The van der Waals surface area contributed by atoms with Crippen LogP contribution in [0.2, 0.25) is 0 Å². The molecular formula is C10H7F3O4S2. The van der Waals surface area contributed by atoms with Gasteiger partial charge in [-0.15, -0.1) is 11.8 Å². The third-order valence-electron chi connectivity index (χ3n) is 2.33. The highest BCUT2D eigenvalue weighted by atomic mass is 32.2. The zero-order chi connectivity index (χ0) is 14.3. The van der Waals surface area contributed by atoms with Gasteiger partial charge in [-0.3, -0.25) is 4.79 Å². The number of hydrogen-bond acceptors (Lipinski definition) is 5. The lowest BCUT2D eigenvalue weighted by Gasteiger charge is -2.15. The van der Waals surface area contributed by atoms with Crippen molar-refractivity contribution < 1.29 is 30.6 Å². The maximum Gasteiger partial charge on any atom is 0.534 e. The van der Waals surface area contributed by atoms with Gasteiger partial charge >= 0.3 is 15.6 Å². The number of halogens is 3. The average molecular weight is 312 g/mol. The Labute approximate surface area is 111 Å². The van der Waals surface area contributed by atoms with Gasteiger partial charge in [-0.25, -0.2) is 0 Å². The van der Waals surface area contributed by atoms with Crippen LogP contribution in [-0.2, 0) is 10.1 Å². The zero-order valence-corrected chi connectivity index (χ0v) is 10.9. The number of alkyl halides is 3. The molecule has 0 bridgehead atoms. The maximum atomic E-state index is 12.1. The third-order valence-corrected chi connectivity index (χ3v) is 4.37. The Morgan fingerprint density at radius 3 is 2.58 bits per heavy atom. The Hall–Kier alpha value is -1.22. The first-order valence-electron chi connectivity index (χ1n) is 5.01. The lowest BCUT2D eigenvalue weighted by Crippen LogP contribution is -2.28. The molecule has 0 saturated carbocycles. The summed E-state index contributed by atoms with van der Waals surface area (Å²) in [6.45, 7) is 0. The highest BCUT2D eigenvalue weighted by Crippen LogP contribution is 2.34. The minimum atomic E-state index is -5.69. The van der Waals surface area contributed by atoms with Crippen LogP contribution in [0.4, 0.5) is 13.2 Å². The molecule has 1 aromatic carbocycles. The van der Waals surface area contributed by atoms with Crippen LogP contribution in [0.3, 0.4) is 0 Å². The van der Waals surface area contributed by atoms with Crippen LogP contribution in [0.5, 0.6) is 5.75 Å². The van der Waals surface area contributed by atoms with E-state index in [2.05, 4.69) is 4.18 Å². The second kappa shape index (κ2) is 4.71. The van der Waals surface area contributed by atoms with Crippen molar-refractivity contribution >= 4 is 27.7 Å². The number of carbonyl (C=O) groups is 1. The summed E-state index contributed by atoms with van der Waals surface area (Å²) < 4.78 is 62.1. The fourth-order valence-corrected chi connectivity index (χ4v) is 2.96. The molecule has 1 aliphatic heterocycles. The Morgan fingerprint density at radius 1 is 1.26 bits per heavy atom. The van der Waals surface area contributed by atoms with Gasteiger partial charge in [0.15, 0.2) is 5.78 Å². The number of carbonyl (C=O) groups excluding carboxylic acids is 1. The molecule has 4 nitrogen and oxygen atoms in total. The summed E-state index contributed by atoms with van der Waals surface area (Å²) in [5, 5.41) is 0. The van der Waals surface area contributed by atoms with Gasteiger partial charge in [0.05, 0.1) is 0 Å². The van der Waals surface area contributed by atoms with E-state index in [1.807, 2.05) is 0 Å². The topological polar surface area (TPSA) is 60.4 Å². The largest absolute Gasteiger partial charge is 0.534 e. The van der Waals surface area contributed by atoms with Crippen LogP contribution in [-0.4, -0.2) is 25.5 Å². The molecular weight excluding hydrogens is 305 g/mol. The molecule has 9 heteroatoms. The van der Waals surface area contributed by atoms with Crippen molar-refractivity contribution in [3.63, 3.8) is 0 Å². The van der Waals surface area contributed by atoms with Gasteiger partial charge in [-0.05, 0) is 18.2 Å². The molecule has 0 unspecified atom stereocenters. The Morgan fingerprint density at radius 2 is 1.95 bits per heavy atom. The molecule has 0 fully saturated rings. The van der Waals surface area contributed by atoms with Crippen molar-refractivity contribution in [2.75, 3.05) is 5.75 Å². The number of Topliss-reactive ketones (excluding diaryl/α,β-unsaturated/α-hetero) is 1. The number of thioether (sulfide) groups is 1. The van der Waals surface area contributed by atoms with Gasteiger partial charge < -0.3 is 4.18 Å². The van der Waals surface area contributed by atoms with Gasteiger partial charge in [0.2, 0.25) is 0 Å². The van der Waals surface area contributed by atoms with Crippen molar-refractivity contribution in [2.24, 2.45) is 0 Å². The summed E-state index contributed by atoms with van der Waals surface area (Å²) >= 11 is 1.26. The molecule has 0 aromatic heterocycles. The first-order valence-corrected chi connectivity index (χ1v) is 7.41. The Bertz CT molecular complexity index is 622. The van der Waals surface area contributed by atoms with E-state index < -0.39 is 21.4 Å². The molecule has 104 valence electrons. The van der Waals surface area contributed by atoms with Gasteiger partial charge in [0.1, 0.15) is 5.75 Å². The van der Waals surface area contributed by atoms with E-state index in [0.29, 0.717) is 22.6 Å². The minimum absolute atomic E-state index is 0.126. The lowest BCUT2D eigenvalue weighted by molar-refractivity contribution is -0.0500. The summed E-state index contributed by atoms with van der Waals surface area (Å²) in [7, 11) is -5.69. The Balaban J connectivity index is 2.32. The standard InChI is InChI=1S/C10H7F3O4S2/c11-10(12,13)19(15,16)17-6-1-2-7-8(14)3-4-18-9(7)5-6/h1-2,5H,3-4H2. The van der Waals surface area contributed by atoms with Crippen molar-refractivity contribution in [3.8, 4) is 5.75 Å². The van der Waals surface area contributed by atoms with Crippen LogP contribution in [0.15, 0.2) is 23.1 Å². The van der Waals surface area contributed by atoms with E-state index in [9.17, 15) is 26.4 Å². The molecule has 0 radical (unpaired) electrons.